The van der Waals surface area contributed by atoms with Gasteiger partial charge in [-0.2, -0.15) is 0 Å². The second-order valence-electron chi connectivity index (χ2n) is 7.20. The SMILES string of the molecule is COc1ccc(/C=C2\Oc3cc(OCc4ccc(Cl)c(Cl)c4)cc(C)c3C2=O)c(OC)c1. The molecule has 0 N–H and O–H groups in total. The van der Waals surface area contributed by atoms with Crippen molar-refractivity contribution in [3.8, 4) is 23.0 Å². The number of fused-ring (bicyclic) bond motifs is 1. The lowest BCUT2D eigenvalue weighted by atomic mass is 10.0. The van der Waals surface area contributed by atoms with E-state index in [0.717, 1.165) is 11.1 Å². The molecule has 0 fully saturated rings. The molecule has 0 saturated heterocycles. The van der Waals surface area contributed by atoms with Crippen molar-refractivity contribution >= 4 is 35.1 Å². The van der Waals surface area contributed by atoms with Crippen LogP contribution < -0.4 is 18.9 Å². The van der Waals surface area contributed by atoms with Gasteiger partial charge in [0.2, 0.25) is 5.78 Å². The minimum absolute atomic E-state index is 0.189. The van der Waals surface area contributed by atoms with Crippen molar-refractivity contribution in [2.45, 2.75) is 13.5 Å². The zero-order valence-corrected chi connectivity index (χ0v) is 19.2. The molecule has 0 aliphatic carbocycles. The summed E-state index contributed by atoms with van der Waals surface area (Å²) in [4.78, 5) is 13.0. The van der Waals surface area contributed by atoms with Gasteiger partial charge in [-0.3, -0.25) is 4.79 Å². The Morgan fingerprint density at radius 1 is 0.938 bits per heavy atom. The largest absolute Gasteiger partial charge is 0.497 e. The van der Waals surface area contributed by atoms with Gasteiger partial charge < -0.3 is 18.9 Å². The quantitative estimate of drug-likeness (QED) is 0.384. The average Bonchev–Trinajstić information content (AvgIpc) is 3.10. The first kappa shape index (κ1) is 22.1. The van der Waals surface area contributed by atoms with E-state index >= 15 is 0 Å². The Hall–Kier alpha value is -3.15. The van der Waals surface area contributed by atoms with Crippen molar-refractivity contribution in [3.63, 3.8) is 0 Å². The molecule has 4 rings (SSSR count). The molecular formula is C25H20Cl2O5. The van der Waals surface area contributed by atoms with E-state index in [9.17, 15) is 4.79 Å². The van der Waals surface area contributed by atoms with Crippen LogP contribution in [0.4, 0.5) is 0 Å². The van der Waals surface area contributed by atoms with Gasteiger partial charge >= 0.3 is 0 Å². The molecule has 32 heavy (non-hydrogen) atoms. The Kier molecular flexibility index (Phi) is 6.31. The van der Waals surface area contributed by atoms with Crippen LogP contribution in [0.1, 0.15) is 27.0 Å². The molecule has 3 aromatic carbocycles. The van der Waals surface area contributed by atoms with Crippen LogP contribution in [0.2, 0.25) is 10.0 Å². The Morgan fingerprint density at radius 3 is 2.47 bits per heavy atom. The summed E-state index contributed by atoms with van der Waals surface area (Å²) in [6.07, 6.45) is 1.66. The van der Waals surface area contributed by atoms with E-state index in [1.165, 1.54) is 0 Å². The van der Waals surface area contributed by atoms with Gasteiger partial charge in [0, 0.05) is 17.7 Å². The number of hydrogen-bond acceptors (Lipinski definition) is 5. The van der Waals surface area contributed by atoms with Crippen molar-refractivity contribution in [2.75, 3.05) is 14.2 Å². The van der Waals surface area contributed by atoms with Crippen molar-refractivity contribution < 1.29 is 23.7 Å². The molecule has 0 unspecified atom stereocenters. The number of halogens is 2. The standard InChI is InChI=1S/C25H20Cl2O5/c1-14-8-18(31-13-15-4-7-19(26)20(27)9-15)12-22-24(14)25(28)23(32-22)10-16-5-6-17(29-2)11-21(16)30-3/h4-12H,13H2,1-3H3/b23-10-. The van der Waals surface area contributed by atoms with Gasteiger partial charge in [0.1, 0.15) is 29.6 Å². The van der Waals surface area contributed by atoms with Gasteiger partial charge in [-0.25, -0.2) is 0 Å². The number of benzene rings is 3. The maximum atomic E-state index is 13.0. The van der Waals surface area contributed by atoms with E-state index in [0.29, 0.717) is 50.8 Å². The molecule has 7 heteroatoms. The number of methoxy groups -OCH3 is 2. The summed E-state index contributed by atoms with van der Waals surface area (Å²) in [6, 6.07) is 14.2. The van der Waals surface area contributed by atoms with Gasteiger partial charge in [-0.05, 0) is 54.5 Å². The third kappa shape index (κ3) is 4.40. The fraction of sp³-hybridized carbons (Fsp3) is 0.160. The second-order valence-corrected chi connectivity index (χ2v) is 8.01. The number of ketones is 1. The molecule has 0 atom stereocenters. The van der Waals surface area contributed by atoms with Gasteiger partial charge in [0.05, 0.1) is 29.8 Å². The van der Waals surface area contributed by atoms with Crippen LogP contribution in [-0.4, -0.2) is 20.0 Å². The van der Waals surface area contributed by atoms with Crippen LogP contribution in [-0.2, 0) is 6.61 Å². The van der Waals surface area contributed by atoms with Crippen molar-refractivity contribution in [1.29, 1.82) is 0 Å². The molecule has 0 aromatic heterocycles. The predicted molar refractivity (Wildman–Crippen MR) is 124 cm³/mol. The second kappa shape index (κ2) is 9.15. The van der Waals surface area contributed by atoms with E-state index in [1.54, 1.807) is 50.6 Å². The maximum absolute atomic E-state index is 13.0. The first-order chi connectivity index (χ1) is 15.4. The first-order valence-electron chi connectivity index (χ1n) is 9.77. The zero-order valence-electron chi connectivity index (χ0n) is 17.7. The lowest BCUT2D eigenvalue weighted by Crippen LogP contribution is -2.00. The van der Waals surface area contributed by atoms with Crippen molar-refractivity contribution in [1.82, 2.24) is 0 Å². The van der Waals surface area contributed by atoms with Crippen LogP contribution in [0.15, 0.2) is 54.3 Å². The summed E-state index contributed by atoms with van der Waals surface area (Å²) in [7, 11) is 3.14. The van der Waals surface area contributed by atoms with Gasteiger partial charge in [0.15, 0.2) is 5.76 Å². The molecule has 1 aliphatic heterocycles. The van der Waals surface area contributed by atoms with Crippen LogP contribution >= 0.6 is 23.2 Å². The van der Waals surface area contributed by atoms with Gasteiger partial charge in [0.25, 0.3) is 0 Å². The molecule has 0 radical (unpaired) electrons. The fourth-order valence-electron chi connectivity index (χ4n) is 3.44. The van der Waals surface area contributed by atoms with Crippen LogP contribution in [0, 0.1) is 6.92 Å². The summed E-state index contributed by atoms with van der Waals surface area (Å²) >= 11 is 12.0. The average molecular weight is 471 g/mol. The molecule has 164 valence electrons. The molecule has 0 bridgehead atoms. The van der Waals surface area contributed by atoms with E-state index in [1.807, 2.05) is 25.1 Å². The number of carbonyl (C=O) groups excluding carboxylic acids is 1. The van der Waals surface area contributed by atoms with E-state index in [-0.39, 0.29) is 11.5 Å². The number of aryl methyl sites for hydroxylation is 1. The molecule has 0 saturated carbocycles. The van der Waals surface area contributed by atoms with Gasteiger partial charge in [-0.15, -0.1) is 0 Å². The predicted octanol–water partition coefficient (Wildman–Crippen LogP) is 6.51. The minimum Gasteiger partial charge on any atom is -0.497 e. The Balaban J connectivity index is 1.58. The maximum Gasteiger partial charge on any atom is 0.232 e. The molecule has 0 spiro atoms. The highest BCUT2D eigenvalue weighted by molar-refractivity contribution is 6.42. The van der Waals surface area contributed by atoms with Crippen LogP contribution in [0.3, 0.4) is 0 Å². The highest BCUT2D eigenvalue weighted by Gasteiger charge is 2.30. The fourth-order valence-corrected chi connectivity index (χ4v) is 3.76. The van der Waals surface area contributed by atoms with E-state index < -0.39 is 0 Å². The third-order valence-corrected chi connectivity index (χ3v) is 5.80. The van der Waals surface area contributed by atoms with Crippen molar-refractivity contribution in [2.24, 2.45) is 0 Å². The molecule has 1 aliphatic rings. The Bertz CT molecular complexity index is 1230. The summed E-state index contributed by atoms with van der Waals surface area (Å²) in [5.41, 5.74) is 2.87. The normalized spacial score (nSPS) is 13.7. The lowest BCUT2D eigenvalue weighted by molar-refractivity contribution is 0.101. The Morgan fingerprint density at radius 2 is 1.75 bits per heavy atom. The van der Waals surface area contributed by atoms with Crippen molar-refractivity contribution in [3.05, 3.63) is 86.6 Å². The van der Waals surface area contributed by atoms with Crippen LogP contribution in [0.25, 0.3) is 6.08 Å². The zero-order chi connectivity index (χ0) is 22.8. The number of rotatable bonds is 6. The summed E-state index contributed by atoms with van der Waals surface area (Å²) in [5.74, 6) is 2.30. The Labute approximate surface area is 196 Å². The monoisotopic (exact) mass is 470 g/mol. The first-order valence-corrected chi connectivity index (χ1v) is 10.5. The summed E-state index contributed by atoms with van der Waals surface area (Å²) < 4.78 is 22.4. The van der Waals surface area contributed by atoms with E-state index in [4.69, 9.17) is 42.1 Å². The topological polar surface area (TPSA) is 54.0 Å². The summed E-state index contributed by atoms with van der Waals surface area (Å²) in [6.45, 7) is 2.15. The molecular weight excluding hydrogens is 451 g/mol. The number of hydrogen-bond donors (Lipinski definition) is 0. The van der Waals surface area contributed by atoms with Gasteiger partial charge in [-0.1, -0.05) is 29.3 Å². The molecule has 3 aromatic rings. The number of ether oxygens (including phenoxy) is 4. The molecule has 0 amide bonds. The summed E-state index contributed by atoms with van der Waals surface area (Å²) in [5, 5.41) is 0.957. The third-order valence-electron chi connectivity index (χ3n) is 5.06. The van der Waals surface area contributed by atoms with E-state index in [2.05, 4.69) is 0 Å². The number of allylic oxidation sites excluding steroid dienone is 1. The number of Topliss-reactive ketones (excluding diaryl/α,β-unsaturated/α-hetero) is 1. The minimum atomic E-state index is -0.189. The molecule has 1 heterocycles. The highest BCUT2D eigenvalue weighted by atomic mass is 35.5. The molecule has 5 nitrogen and oxygen atoms in total. The van der Waals surface area contributed by atoms with Crippen LogP contribution in [0.5, 0.6) is 23.0 Å². The highest BCUT2D eigenvalue weighted by Crippen LogP contribution is 2.38. The smallest absolute Gasteiger partial charge is 0.232 e. The number of carbonyl (C=O) groups is 1. The lowest BCUT2D eigenvalue weighted by Gasteiger charge is -2.10.